The second-order valence-electron chi connectivity index (χ2n) is 7.13. The maximum atomic E-state index is 13.1. The number of nitrogens with zero attached hydrogens (tertiary/aromatic N) is 6. The van der Waals surface area contributed by atoms with Gasteiger partial charge in [-0.05, 0) is 32.3 Å². The zero-order valence-electron chi connectivity index (χ0n) is 15.9. The van der Waals surface area contributed by atoms with E-state index in [-0.39, 0.29) is 11.9 Å². The number of aryl methyl sites for hydroxylation is 3. The van der Waals surface area contributed by atoms with Crippen molar-refractivity contribution in [3.05, 3.63) is 40.8 Å². The van der Waals surface area contributed by atoms with Gasteiger partial charge in [0.25, 0.3) is 0 Å². The molecule has 8 heteroatoms. The summed E-state index contributed by atoms with van der Waals surface area (Å²) in [5.41, 5.74) is 2.90. The van der Waals surface area contributed by atoms with Crippen LogP contribution in [0.1, 0.15) is 41.4 Å². The summed E-state index contributed by atoms with van der Waals surface area (Å²) in [6.07, 6.45) is 9.41. The fourth-order valence-electron chi connectivity index (χ4n) is 3.66. The van der Waals surface area contributed by atoms with Gasteiger partial charge in [-0.1, -0.05) is 0 Å². The molecule has 7 nitrogen and oxygen atoms in total. The van der Waals surface area contributed by atoms with E-state index in [0.717, 1.165) is 52.6 Å². The number of carbonyl (C=O) groups excluding carboxylic acids is 1. The Morgan fingerprint density at radius 2 is 2.15 bits per heavy atom. The summed E-state index contributed by atoms with van der Waals surface area (Å²) >= 11 is 1.57. The lowest BCUT2D eigenvalue weighted by atomic mass is 9.97. The number of hydrogen-bond donors (Lipinski definition) is 0. The molecule has 1 fully saturated rings. The fraction of sp³-hybridized carbons (Fsp3) is 0.474. The van der Waals surface area contributed by atoms with E-state index in [9.17, 15) is 4.79 Å². The summed E-state index contributed by atoms with van der Waals surface area (Å²) in [6.45, 7) is 2.78. The van der Waals surface area contributed by atoms with Gasteiger partial charge in [0.1, 0.15) is 10.7 Å². The average molecular weight is 385 g/mol. The van der Waals surface area contributed by atoms with E-state index in [1.165, 1.54) is 0 Å². The van der Waals surface area contributed by atoms with Crippen LogP contribution in [0.4, 0.5) is 0 Å². The van der Waals surface area contributed by atoms with E-state index < -0.39 is 0 Å². The smallest absolute Gasteiger partial charge is 0.228 e. The predicted octanol–water partition coefficient (Wildman–Crippen LogP) is 2.88. The van der Waals surface area contributed by atoms with Gasteiger partial charge >= 0.3 is 0 Å². The number of aromatic nitrogens is 5. The monoisotopic (exact) mass is 384 g/mol. The van der Waals surface area contributed by atoms with Crippen molar-refractivity contribution >= 4 is 17.2 Å². The van der Waals surface area contributed by atoms with Gasteiger partial charge in [-0.3, -0.25) is 14.2 Å². The van der Waals surface area contributed by atoms with E-state index in [1.807, 2.05) is 50.6 Å². The Labute approximate surface area is 162 Å². The first-order chi connectivity index (χ1) is 13.0. The molecule has 1 atom stereocenters. The SMILES string of the molecule is Cc1nc(-c2ccn(C)n2)sc1CC(=O)N1CCCCC1c1cnn(C)c1. The predicted molar refractivity (Wildman–Crippen MR) is 104 cm³/mol. The van der Waals surface area contributed by atoms with Crippen LogP contribution < -0.4 is 0 Å². The summed E-state index contributed by atoms with van der Waals surface area (Å²) in [7, 11) is 3.81. The molecule has 0 radical (unpaired) electrons. The van der Waals surface area contributed by atoms with Crippen LogP contribution in [0, 0.1) is 6.92 Å². The van der Waals surface area contributed by atoms with Gasteiger partial charge < -0.3 is 4.90 Å². The van der Waals surface area contributed by atoms with Crippen LogP contribution in [0.3, 0.4) is 0 Å². The van der Waals surface area contributed by atoms with Crippen molar-refractivity contribution in [1.29, 1.82) is 0 Å². The molecule has 3 aromatic rings. The number of thiazole rings is 1. The maximum absolute atomic E-state index is 13.1. The first-order valence-electron chi connectivity index (χ1n) is 9.25. The Balaban J connectivity index is 1.53. The number of hydrogen-bond acceptors (Lipinski definition) is 5. The number of rotatable bonds is 4. The largest absolute Gasteiger partial charge is 0.335 e. The third kappa shape index (κ3) is 3.66. The molecular weight excluding hydrogens is 360 g/mol. The zero-order valence-corrected chi connectivity index (χ0v) is 16.7. The molecule has 4 heterocycles. The number of amides is 1. The minimum atomic E-state index is 0.128. The van der Waals surface area contributed by atoms with Gasteiger partial charge in [0.2, 0.25) is 5.91 Å². The van der Waals surface area contributed by atoms with Crippen molar-refractivity contribution in [2.24, 2.45) is 14.1 Å². The lowest BCUT2D eigenvalue weighted by Gasteiger charge is -2.35. The summed E-state index contributed by atoms with van der Waals surface area (Å²) in [6, 6.07) is 2.08. The lowest BCUT2D eigenvalue weighted by Crippen LogP contribution is -2.39. The Hall–Kier alpha value is -2.48. The first-order valence-corrected chi connectivity index (χ1v) is 10.1. The highest BCUT2D eigenvalue weighted by Gasteiger charge is 2.29. The molecule has 1 aliphatic heterocycles. The van der Waals surface area contributed by atoms with Crippen LogP contribution in [-0.4, -0.2) is 41.9 Å². The van der Waals surface area contributed by atoms with E-state index in [1.54, 1.807) is 20.7 Å². The fourth-order valence-corrected chi connectivity index (χ4v) is 4.68. The summed E-state index contributed by atoms with van der Waals surface area (Å²) < 4.78 is 3.57. The molecular formula is C19H24N6OS. The second-order valence-corrected chi connectivity index (χ2v) is 8.21. The van der Waals surface area contributed by atoms with Crippen LogP contribution in [0.5, 0.6) is 0 Å². The van der Waals surface area contributed by atoms with E-state index in [4.69, 9.17) is 0 Å². The summed E-state index contributed by atoms with van der Waals surface area (Å²) in [4.78, 5) is 20.8. The molecule has 0 N–H and O–H groups in total. The molecule has 1 aliphatic rings. The van der Waals surface area contributed by atoms with Gasteiger partial charge in [-0.2, -0.15) is 10.2 Å². The average Bonchev–Trinajstić information content (AvgIpc) is 3.36. The summed E-state index contributed by atoms with van der Waals surface area (Å²) in [5, 5.41) is 9.58. The molecule has 4 rings (SSSR count). The van der Waals surface area contributed by atoms with Crippen molar-refractivity contribution in [1.82, 2.24) is 29.4 Å². The first kappa shape index (κ1) is 17.9. The highest BCUT2D eigenvalue weighted by Crippen LogP contribution is 2.32. The van der Waals surface area contributed by atoms with Gasteiger partial charge in [-0.15, -0.1) is 11.3 Å². The van der Waals surface area contributed by atoms with E-state index >= 15 is 0 Å². The van der Waals surface area contributed by atoms with Gasteiger partial charge in [0.05, 0.1) is 24.4 Å². The standard InChI is InChI=1S/C19H24N6OS/c1-13-17(27-19(21-13)15-7-9-23(2)22-15)10-18(26)25-8-5-4-6-16(25)14-11-20-24(3)12-14/h7,9,11-12,16H,4-6,8,10H2,1-3H3. The van der Waals surface area contributed by atoms with Crippen LogP contribution >= 0.6 is 11.3 Å². The van der Waals surface area contributed by atoms with Crippen LogP contribution in [0.2, 0.25) is 0 Å². The Morgan fingerprint density at radius 3 is 2.85 bits per heavy atom. The Kier molecular flexibility index (Phi) is 4.82. The molecule has 1 unspecified atom stereocenters. The van der Waals surface area contributed by atoms with Crippen molar-refractivity contribution in [3.8, 4) is 10.7 Å². The number of likely N-dealkylation sites (tertiary alicyclic amines) is 1. The molecule has 0 aliphatic carbocycles. The number of carbonyl (C=O) groups is 1. The third-order valence-corrected chi connectivity index (χ3v) is 6.25. The molecule has 27 heavy (non-hydrogen) atoms. The molecule has 0 aromatic carbocycles. The maximum Gasteiger partial charge on any atom is 0.228 e. The molecule has 1 amide bonds. The van der Waals surface area contributed by atoms with Crippen LogP contribution in [-0.2, 0) is 25.3 Å². The van der Waals surface area contributed by atoms with Crippen LogP contribution in [0.25, 0.3) is 10.7 Å². The molecule has 142 valence electrons. The van der Waals surface area contributed by atoms with E-state index in [0.29, 0.717) is 6.42 Å². The molecule has 0 bridgehead atoms. The van der Waals surface area contributed by atoms with Crippen LogP contribution in [0.15, 0.2) is 24.7 Å². The second kappa shape index (κ2) is 7.26. The Bertz CT molecular complexity index is 955. The van der Waals surface area contributed by atoms with E-state index in [2.05, 4.69) is 15.2 Å². The van der Waals surface area contributed by atoms with Crippen molar-refractivity contribution in [2.45, 2.75) is 38.6 Å². The van der Waals surface area contributed by atoms with Crippen molar-refractivity contribution in [3.63, 3.8) is 0 Å². The van der Waals surface area contributed by atoms with Crippen molar-refractivity contribution in [2.75, 3.05) is 6.54 Å². The molecule has 0 saturated carbocycles. The lowest BCUT2D eigenvalue weighted by molar-refractivity contribution is -0.134. The highest BCUT2D eigenvalue weighted by molar-refractivity contribution is 7.15. The quantitative estimate of drug-likeness (QED) is 0.694. The minimum Gasteiger partial charge on any atom is -0.335 e. The topological polar surface area (TPSA) is 68.8 Å². The number of piperidine rings is 1. The van der Waals surface area contributed by atoms with Gasteiger partial charge in [-0.25, -0.2) is 4.98 Å². The third-order valence-electron chi connectivity index (χ3n) is 5.07. The molecule has 1 saturated heterocycles. The summed E-state index contributed by atoms with van der Waals surface area (Å²) in [5.74, 6) is 0.169. The van der Waals surface area contributed by atoms with Gasteiger partial charge in [0, 0.05) is 43.5 Å². The zero-order chi connectivity index (χ0) is 19.0. The normalized spacial score (nSPS) is 17.4. The van der Waals surface area contributed by atoms with Crippen molar-refractivity contribution < 1.29 is 4.79 Å². The molecule has 0 spiro atoms. The highest BCUT2D eigenvalue weighted by atomic mass is 32.1. The van der Waals surface area contributed by atoms with Gasteiger partial charge in [0.15, 0.2) is 0 Å². The Morgan fingerprint density at radius 1 is 1.30 bits per heavy atom. The molecule has 3 aromatic heterocycles. The minimum absolute atomic E-state index is 0.128.